The van der Waals surface area contributed by atoms with Gasteiger partial charge in [-0.15, -0.1) is 11.3 Å². The molecule has 22 heavy (non-hydrogen) atoms. The fraction of sp³-hybridized carbons (Fsp3) is 0.214. The monoisotopic (exact) mass is 314 g/mol. The standard InChI is InChI=1S/C14H10N4O3S/c19-18(20)12-9(4-2-6-15-12)21-13-11-8-3-1-5-10(8)22-14(11)17-7-16-13/h2,4,6-7H,1,3,5H2. The van der Waals surface area contributed by atoms with E-state index in [1.807, 2.05) is 0 Å². The van der Waals surface area contributed by atoms with Crippen LogP contribution in [0, 0.1) is 10.1 Å². The predicted octanol–water partition coefficient (Wildman–Crippen LogP) is 3.28. The van der Waals surface area contributed by atoms with Crippen LogP contribution in [0.3, 0.4) is 0 Å². The molecule has 7 nitrogen and oxygen atoms in total. The Balaban J connectivity index is 1.84. The number of aryl methyl sites for hydroxylation is 2. The van der Waals surface area contributed by atoms with Gasteiger partial charge in [-0.05, 0) is 46.9 Å². The minimum Gasteiger partial charge on any atom is -0.429 e. The van der Waals surface area contributed by atoms with Gasteiger partial charge in [0.15, 0.2) is 0 Å². The second-order valence-corrected chi connectivity index (χ2v) is 5.98. The second-order valence-electron chi connectivity index (χ2n) is 4.90. The molecule has 0 N–H and O–H groups in total. The maximum Gasteiger partial charge on any atom is 0.406 e. The third kappa shape index (κ3) is 2.00. The van der Waals surface area contributed by atoms with Crippen LogP contribution in [-0.2, 0) is 12.8 Å². The van der Waals surface area contributed by atoms with E-state index in [0.29, 0.717) is 5.88 Å². The van der Waals surface area contributed by atoms with E-state index in [4.69, 9.17) is 4.74 Å². The van der Waals surface area contributed by atoms with Gasteiger partial charge in [-0.3, -0.25) is 0 Å². The number of hydrogen-bond donors (Lipinski definition) is 0. The molecule has 0 unspecified atom stereocenters. The molecule has 0 amide bonds. The van der Waals surface area contributed by atoms with E-state index in [2.05, 4.69) is 15.0 Å². The lowest BCUT2D eigenvalue weighted by Crippen LogP contribution is -1.97. The van der Waals surface area contributed by atoms with Gasteiger partial charge in [0.05, 0.1) is 5.39 Å². The first-order chi connectivity index (χ1) is 10.7. The first-order valence-corrected chi connectivity index (χ1v) is 7.58. The summed E-state index contributed by atoms with van der Waals surface area (Å²) in [6.45, 7) is 0. The lowest BCUT2D eigenvalue weighted by molar-refractivity contribution is -0.390. The van der Waals surface area contributed by atoms with E-state index in [9.17, 15) is 10.1 Å². The third-order valence-electron chi connectivity index (χ3n) is 3.60. The van der Waals surface area contributed by atoms with Gasteiger partial charge in [0, 0.05) is 4.88 Å². The summed E-state index contributed by atoms with van der Waals surface area (Å²) in [6.07, 6.45) is 5.91. The van der Waals surface area contributed by atoms with Crippen molar-refractivity contribution in [1.29, 1.82) is 0 Å². The summed E-state index contributed by atoms with van der Waals surface area (Å²) >= 11 is 1.64. The molecule has 0 saturated heterocycles. The van der Waals surface area contributed by atoms with Crippen LogP contribution in [0.1, 0.15) is 16.9 Å². The average Bonchev–Trinajstić information content (AvgIpc) is 3.08. The van der Waals surface area contributed by atoms with Gasteiger partial charge in [-0.25, -0.2) is 9.97 Å². The molecular formula is C14H10N4O3S. The van der Waals surface area contributed by atoms with E-state index in [-0.39, 0.29) is 11.6 Å². The Kier molecular flexibility index (Phi) is 2.97. The van der Waals surface area contributed by atoms with Gasteiger partial charge < -0.3 is 14.9 Å². The van der Waals surface area contributed by atoms with Crippen LogP contribution in [0.15, 0.2) is 24.7 Å². The molecule has 0 saturated carbocycles. The summed E-state index contributed by atoms with van der Waals surface area (Å²) in [7, 11) is 0. The Morgan fingerprint density at radius 3 is 3.05 bits per heavy atom. The lowest BCUT2D eigenvalue weighted by atomic mass is 10.2. The molecule has 0 aromatic carbocycles. The van der Waals surface area contributed by atoms with Crippen molar-refractivity contribution in [3.8, 4) is 11.6 Å². The van der Waals surface area contributed by atoms with Crippen LogP contribution in [0.4, 0.5) is 5.82 Å². The Morgan fingerprint density at radius 1 is 1.27 bits per heavy atom. The number of hydrogen-bond acceptors (Lipinski definition) is 7. The zero-order valence-corrected chi connectivity index (χ0v) is 12.2. The van der Waals surface area contributed by atoms with Crippen molar-refractivity contribution in [2.45, 2.75) is 19.3 Å². The zero-order valence-electron chi connectivity index (χ0n) is 11.4. The number of thiophene rings is 1. The van der Waals surface area contributed by atoms with Crippen LogP contribution in [0.25, 0.3) is 10.2 Å². The number of rotatable bonds is 3. The Morgan fingerprint density at radius 2 is 2.18 bits per heavy atom. The molecule has 0 atom stereocenters. The van der Waals surface area contributed by atoms with E-state index in [1.54, 1.807) is 17.4 Å². The predicted molar refractivity (Wildman–Crippen MR) is 80.4 cm³/mol. The summed E-state index contributed by atoms with van der Waals surface area (Å²) in [4.78, 5) is 24.9. The summed E-state index contributed by atoms with van der Waals surface area (Å²) in [5.41, 5.74) is 1.21. The first kappa shape index (κ1) is 13.1. The highest BCUT2D eigenvalue weighted by Gasteiger charge is 2.24. The molecular weight excluding hydrogens is 304 g/mol. The van der Waals surface area contributed by atoms with Gasteiger partial charge >= 0.3 is 5.82 Å². The molecule has 0 bridgehead atoms. The Bertz CT molecular complexity index is 893. The van der Waals surface area contributed by atoms with Crippen LogP contribution in [0.2, 0.25) is 0 Å². The van der Waals surface area contributed by atoms with E-state index in [1.165, 1.54) is 29.0 Å². The largest absolute Gasteiger partial charge is 0.429 e. The number of fused-ring (bicyclic) bond motifs is 3. The van der Waals surface area contributed by atoms with Crippen LogP contribution in [0.5, 0.6) is 11.6 Å². The minimum absolute atomic E-state index is 0.0884. The van der Waals surface area contributed by atoms with E-state index >= 15 is 0 Å². The maximum absolute atomic E-state index is 11.0. The van der Waals surface area contributed by atoms with Gasteiger partial charge in [0.2, 0.25) is 11.6 Å². The Hall–Kier alpha value is -2.61. The quantitative estimate of drug-likeness (QED) is 0.544. The Labute approximate surface area is 128 Å². The van der Waals surface area contributed by atoms with Crippen molar-refractivity contribution in [1.82, 2.24) is 15.0 Å². The average molecular weight is 314 g/mol. The summed E-state index contributed by atoms with van der Waals surface area (Å²) in [5.74, 6) is 0.132. The molecule has 0 aliphatic heterocycles. The molecule has 3 aromatic heterocycles. The summed E-state index contributed by atoms with van der Waals surface area (Å²) < 4.78 is 5.72. The van der Waals surface area contributed by atoms with Crippen molar-refractivity contribution in [2.24, 2.45) is 0 Å². The minimum atomic E-state index is -0.564. The smallest absolute Gasteiger partial charge is 0.406 e. The molecule has 0 spiro atoms. The van der Waals surface area contributed by atoms with Crippen LogP contribution < -0.4 is 4.74 Å². The van der Waals surface area contributed by atoms with Gasteiger partial charge in [-0.2, -0.15) is 0 Å². The highest BCUT2D eigenvalue weighted by molar-refractivity contribution is 7.18. The molecule has 0 fully saturated rings. The van der Waals surface area contributed by atoms with Crippen molar-refractivity contribution >= 4 is 27.4 Å². The maximum atomic E-state index is 11.0. The summed E-state index contributed by atoms with van der Waals surface area (Å²) in [6, 6.07) is 3.12. The zero-order chi connectivity index (χ0) is 15.1. The van der Waals surface area contributed by atoms with Gasteiger partial charge in [0.1, 0.15) is 17.4 Å². The van der Waals surface area contributed by atoms with Gasteiger partial charge in [-0.1, -0.05) is 0 Å². The summed E-state index contributed by atoms with van der Waals surface area (Å²) in [5, 5.41) is 11.9. The van der Waals surface area contributed by atoms with Gasteiger partial charge in [0.25, 0.3) is 0 Å². The molecule has 3 aromatic rings. The van der Waals surface area contributed by atoms with Crippen molar-refractivity contribution < 1.29 is 9.66 Å². The van der Waals surface area contributed by atoms with E-state index < -0.39 is 4.92 Å². The van der Waals surface area contributed by atoms with Crippen LogP contribution in [-0.4, -0.2) is 19.9 Å². The third-order valence-corrected chi connectivity index (χ3v) is 4.80. The topological polar surface area (TPSA) is 91.0 Å². The van der Waals surface area contributed by atoms with Crippen molar-refractivity contribution in [2.75, 3.05) is 0 Å². The number of nitrogens with zero attached hydrogens (tertiary/aromatic N) is 4. The molecule has 4 rings (SSSR count). The normalized spacial score (nSPS) is 13.3. The van der Waals surface area contributed by atoms with Crippen molar-refractivity contribution in [3.63, 3.8) is 0 Å². The highest BCUT2D eigenvalue weighted by Crippen LogP contribution is 2.41. The molecule has 0 radical (unpaired) electrons. The van der Waals surface area contributed by atoms with E-state index in [0.717, 1.165) is 29.5 Å². The number of ether oxygens (including phenoxy) is 1. The molecule has 1 aliphatic carbocycles. The fourth-order valence-corrected chi connectivity index (χ4v) is 3.90. The SMILES string of the molecule is O=[N+]([O-])c1ncccc1Oc1ncnc2sc3c(c12)CCC3. The number of nitro groups is 1. The van der Waals surface area contributed by atoms with Crippen molar-refractivity contribution in [3.05, 3.63) is 45.2 Å². The fourth-order valence-electron chi connectivity index (χ4n) is 2.68. The highest BCUT2D eigenvalue weighted by atomic mass is 32.1. The molecule has 3 heterocycles. The molecule has 110 valence electrons. The lowest BCUT2D eigenvalue weighted by Gasteiger charge is -2.06. The van der Waals surface area contributed by atoms with Crippen LogP contribution >= 0.6 is 11.3 Å². The number of pyridine rings is 1. The molecule has 1 aliphatic rings. The first-order valence-electron chi connectivity index (χ1n) is 6.76. The number of aromatic nitrogens is 3. The second kappa shape index (κ2) is 4.99. The molecule has 8 heteroatoms.